The molecule has 0 saturated heterocycles. The predicted octanol–water partition coefficient (Wildman–Crippen LogP) is 2.43. The van der Waals surface area contributed by atoms with Crippen LogP contribution in [-0.2, 0) is 0 Å². The maximum Gasteiger partial charge on any atom is 0.283 e. The summed E-state index contributed by atoms with van der Waals surface area (Å²) in [7, 11) is 3.61. The van der Waals surface area contributed by atoms with Crippen LogP contribution >= 0.6 is 0 Å². The fraction of sp³-hybridized carbons (Fsp3) is 0.176. The second-order valence-corrected chi connectivity index (χ2v) is 5.51. The fourth-order valence-electron chi connectivity index (χ4n) is 2.30. The van der Waals surface area contributed by atoms with Crippen molar-refractivity contribution in [2.24, 2.45) is 4.99 Å². The third kappa shape index (κ3) is 2.96. The maximum absolute atomic E-state index is 12.2. The summed E-state index contributed by atoms with van der Waals surface area (Å²) in [6, 6.07) is 9.99. The van der Waals surface area contributed by atoms with Crippen LogP contribution < -0.4 is 0 Å². The Morgan fingerprint density at radius 2 is 2.13 bits per heavy atom. The molecule has 0 spiro atoms. The number of rotatable bonds is 3. The Labute approximate surface area is 134 Å². The second kappa shape index (κ2) is 6.00. The Morgan fingerprint density at radius 3 is 2.87 bits per heavy atom. The Morgan fingerprint density at radius 1 is 1.30 bits per heavy atom. The van der Waals surface area contributed by atoms with Gasteiger partial charge >= 0.3 is 0 Å². The van der Waals surface area contributed by atoms with Gasteiger partial charge in [-0.3, -0.25) is 4.79 Å². The van der Waals surface area contributed by atoms with Gasteiger partial charge in [0.15, 0.2) is 5.65 Å². The first kappa shape index (κ1) is 14.9. The van der Waals surface area contributed by atoms with Gasteiger partial charge in [-0.1, -0.05) is 23.8 Å². The smallest absolute Gasteiger partial charge is 0.283 e. The highest BCUT2D eigenvalue weighted by Crippen LogP contribution is 2.22. The van der Waals surface area contributed by atoms with E-state index in [1.54, 1.807) is 29.7 Å². The minimum atomic E-state index is -0.359. The first-order valence-corrected chi connectivity index (χ1v) is 7.21. The number of amides is 1. The SMILES string of the molecule is Cc1cccc(-c2ccnc3c(C(=O)N=CN(C)C)cnn23)c1. The normalized spacial score (nSPS) is 11.3. The number of benzene rings is 1. The first-order valence-electron chi connectivity index (χ1n) is 7.21. The number of aryl methyl sites for hydroxylation is 1. The van der Waals surface area contributed by atoms with Crippen LogP contribution in [0.3, 0.4) is 0 Å². The summed E-state index contributed by atoms with van der Waals surface area (Å²) in [4.78, 5) is 22.1. The van der Waals surface area contributed by atoms with E-state index < -0.39 is 0 Å². The van der Waals surface area contributed by atoms with Gasteiger partial charge in [0.25, 0.3) is 5.91 Å². The van der Waals surface area contributed by atoms with Crippen LogP contribution in [-0.4, -0.2) is 45.8 Å². The van der Waals surface area contributed by atoms with Gasteiger partial charge in [-0.2, -0.15) is 10.1 Å². The molecule has 6 nitrogen and oxygen atoms in total. The summed E-state index contributed by atoms with van der Waals surface area (Å²) >= 11 is 0. The number of fused-ring (bicyclic) bond motifs is 1. The van der Waals surface area contributed by atoms with Gasteiger partial charge in [-0.25, -0.2) is 9.50 Å². The maximum atomic E-state index is 12.2. The van der Waals surface area contributed by atoms with E-state index in [9.17, 15) is 4.79 Å². The van der Waals surface area contributed by atoms with Gasteiger partial charge in [0.1, 0.15) is 5.56 Å². The van der Waals surface area contributed by atoms with Gasteiger partial charge < -0.3 is 4.90 Å². The van der Waals surface area contributed by atoms with Crippen LogP contribution in [0.5, 0.6) is 0 Å². The van der Waals surface area contributed by atoms with Crippen molar-refractivity contribution in [1.82, 2.24) is 19.5 Å². The van der Waals surface area contributed by atoms with Crippen molar-refractivity contribution < 1.29 is 4.79 Å². The molecule has 3 rings (SSSR count). The molecule has 0 aliphatic heterocycles. The van der Waals surface area contributed by atoms with E-state index in [-0.39, 0.29) is 5.91 Å². The van der Waals surface area contributed by atoms with E-state index in [0.29, 0.717) is 11.2 Å². The molecule has 0 aliphatic rings. The Kier molecular flexibility index (Phi) is 3.89. The lowest BCUT2D eigenvalue weighted by Gasteiger charge is -2.05. The van der Waals surface area contributed by atoms with Crippen molar-refractivity contribution in [3.63, 3.8) is 0 Å². The molecule has 0 fully saturated rings. The molecule has 6 heteroatoms. The number of carbonyl (C=O) groups is 1. The number of hydrogen-bond acceptors (Lipinski definition) is 3. The van der Waals surface area contributed by atoms with Crippen LogP contribution in [0.25, 0.3) is 16.9 Å². The van der Waals surface area contributed by atoms with E-state index in [0.717, 1.165) is 16.8 Å². The van der Waals surface area contributed by atoms with Crippen LogP contribution in [0.1, 0.15) is 15.9 Å². The zero-order valence-electron chi connectivity index (χ0n) is 13.3. The lowest BCUT2D eigenvalue weighted by molar-refractivity contribution is 0.100. The Balaban J connectivity index is 2.09. The number of aliphatic imine (C=N–C) groups is 1. The largest absolute Gasteiger partial charge is 0.369 e. The molecule has 3 aromatic rings. The predicted molar refractivity (Wildman–Crippen MR) is 89.7 cm³/mol. The standard InChI is InChI=1S/C17H17N5O/c1-12-5-4-6-13(9-12)15-7-8-18-16-14(10-20-22(15)16)17(23)19-11-21(2)3/h4-11H,1-3H3. The summed E-state index contributed by atoms with van der Waals surface area (Å²) < 4.78 is 1.67. The molecule has 1 amide bonds. The number of aromatic nitrogens is 3. The molecule has 0 saturated carbocycles. The monoisotopic (exact) mass is 307 g/mol. The topological polar surface area (TPSA) is 62.9 Å². The average Bonchev–Trinajstić information content (AvgIpc) is 2.96. The summed E-state index contributed by atoms with van der Waals surface area (Å²) in [5.74, 6) is -0.359. The summed E-state index contributed by atoms with van der Waals surface area (Å²) in [6.07, 6.45) is 4.66. The third-order valence-corrected chi connectivity index (χ3v) is 3.35. The lowest BCUT2D eigenvalue weighted by Crippen LogP contribution is -2.09. The van der Waals surface area contributed by atoms with Crippen molar-refractivity contribution in [2.75, 3.05) is 14.1 Å². The molecule has 2 aromatic heterocycles. The zero-order valence-corrected chi connectivity index (χ0v) is 13.3. The molecule has 0 unspecified atom stereocenters. The fourth-order valence-corrected chi connectivity index (χ4v) is 2.30. The van der Waals surface area contributed by atoms with Gasteiger partial charge in [0.05, 0.1) is 18.2 Å². The highest BCUT2D eigenvalue weighted by molar-refractivity contribution is 6.03. The Bertz CT molecular complexity index is 895. The van der Waals surface area contributed by atoms with Crippen molar-refractivity contribution >= 4 is 17.9 Å². The average molecular weight is 307 g/mol. The lowest BCUT2D eigenvalue weighted by atomic mass is 10.1. The van der Waals surface area contributed by atoms with Crippen LogP contribution in [0.15, 0.2) is 47.7 Å². The highest BCUT2D eigenvalue weighted by atomic mass is 16.1. The number of hydrogen-bond donors (Lipinski definition) is 0. The third-order valence-electron chi connectivity index (χ3n) is 3.35. The summed E-state index contributed by atoms with van der Waals surface area (Å²) in [6.45, 7) is 2.04. The van der Waals surface area contributed by atoms with E-state index in [1.807, 2.05) is 31.2 Å². The highest BCUT2D eigenvalue weighted by Gasteiger charge is 2.15. The zero-order chi connectivity index (χ0) is 16.4. The van der Waals surface area contributed by atoms with E-state index in [4.69, 9.17) is 0 Å². The molecule has 0 atom stereocenters. The molecule has 1 aromatic carbocycles. The van der Waals surface area contributed by atoms with Crippen molar-refractivity contribution in [2.45, 2.75) is 6.92 Å². The molecule has 0 bridgehead atoms. The van der Waals surface area contributed by atoms with Crippen LogP contribution in [0.4, 0.5) is 0 Å². The quantitative estimate of drug-likeness (QED) is 0.551. The minimum Gasteiger partial charge on any atom is -0.369 e. The van der Waals surface area contributed by atoms with Crippen LogP contribution in [0.2, 0.25) is 0 Å². The molecule has 0 radical (unpaired) electrons. The molecule has 116 valence electrons. The summed E-state index contributed by atoms with van der Waals surface area (Å²) in [5.41, 5.74) is 3.96. The molecular weight excluding hydrogens is 290 g/mol. The molecule has 23 heavy (non-hydrogen) atoms. The number of nitrogens with zero attached hydrogens (tertiary/aromatic N) is 5. The molecule has 2 heterocycles. The van der Waals surface area contributed by atoms with E-state index >= 15 is 0 Å². The second-order valence-electron chi connectivity index (χ2n) is 5.51. The van der Waals surface area contributed by atoms with E-state index in [1.165, 1.54) is 12.5 Å². The minimum absolute atomic E-state index is 0.359. The van der Waals surface area contributed by atoms with Crippen molar-refractivity contribution in [3.05, 3.63) is 53.9 Å². The van der Waals surface area contributed by atoms with Crippen LogP contribution in [0, 0.1) is 6.92 Å². The first-order chi connectivity index (χ1) is 11.1. The van der Waals surface area contributed by atoms with Gasteiger partial charge in [0.2, 0.25) is 0 Å². The van der Waals surface area contributed by atoms with Gasteiger partial charge in [0, 0.05) is 25.9 Å². The van der Waals surface area contributed by atoms with Crippen molar-refractivity contribution in [1.29, 1.82) is 0 Å². The van der Waals surface area contributed by atoms with E-state index in [2.05, 4.69) is 21.1 Å². The van der Waals surface area contributed by atoms with Gasteiger partial charge in [-0.15, -0.1) is 0 Å². The van der Waals surface area contributed by atoms with Gasteiger partial charge in [-0.05, 0) is 19.1 Å². The molecule has 0 aliphatic carbocycles. The van der Waals surface area contributed by atoms with Crippen molar-refractivity contribution in [3.8, 4) is 11.3 Å². The molecular formula is C17H17N5O. The number of carbonyl (C=O) groups excluding carboxylic acids is 1. The molecule has 0 N–H and O–H groups in total. The summed E-state index contributed by atoms with van der Waals surface area (Å²) in [5, 5.41) is 4.32. The Hall–Kier alpha value is -3.02.